The number of piperazine rings is 1. The fraction of sp³-hybridized carbons (Fsp3) is 0.533. The first-order chi connectivity index (χ1) is 10.1. The lowest BCUT2D eigenvalue weighted by atomic mass is 10.2. The van der Waals surface area contributed by atoms with Crippen molar-refractivity contribution in [2.24, 2.45) is 0 Å². The van der Waals surface area contributed by atoms with Crippen LogP contribution in [0.5, 0.6) is 0 Å². The molecule has 3 rings (SSSR count). The standard InChI is InChI=1S/C15H20N4O2/c1-11(20)18-4-6-19(7-5-18)14-8-12(9-16-10-14)15(21)17-13-2-3-13/h8-10,13H,2-7H2,1H3,(H,17,21). The van der Waals surface area contributed by atoms with E-state index in [1.807, 2.05) is 11.0 Å². The first-order valence-corrected chi connectivity index (χ1v) is 7.40. The maximum Gasteiger partial charge on any atom is 0.253 e. The Labute approximate surface area is 124 Å². The molecule has 1 aromatic rings. The average Bonchev–Trinajstić information content (AvgIpc) is 3.31. The van der Waals surface area contributed by atoms with E-state index in [0.29, 0.717) is 24.7 Å². The van der Waals surface area contributed by atoms with Crippen molar-refractivity contribution in [3.63, 3.8) is 0 Å². The second-order valence-electron chi connectivity index (χ2n) is 5.67. The number of carbonyl (C=O) groups excluding carboxylic acids is 2. The summed E-state index contributed by atoms with van der Waals surface area (Å²) in [5.41, 5.74) is 1.55. The number of anilines is 1. The Morgan fingerprint density at radius 1 is 1.19 bits per heavy atom. The molecule has 0 aromatic carbocycles. The first kappa shape index (κ1) is 13.9. The van der Waals surface area contributed by atoms with Crippen LogP contribution < -0.4 is 10.2 Å². The summed E-state index contributed by atoms with van der Waals surface area (Å²) in [4.78, 5) is 31.6. The van der Waals surface area contributed by atoms with Crippen LogP contribution in [0.3, 0.4) is 0 Å². The SMILES string of the molecule is CC(=O)N1CCN(c2cncc(C(=O)NC3CC3)c2)CC1. The van der Waals surface area contributed by atoms with Gasteiger partial charge in [-0.2, -0.15) is 0 Å². The molecule has 1 saturated carbocycles. The van der Waals surface area contributed by atoms with Crippen molar-refractivity contribution in [3.05, 3.63) is 24.0 Å². The zero-order valence-electron chi connectivity index (χ0n) is 12.2. The molecule has 6 nitrogen and oxygen atoms in total. The molecule has 2 fully saturated rings. The molecule has 1 saturated heterocycles. The van der Waals surface area contributed by atoms with Gasteiger partial charge in [0, 0.05) is 45.3 Å². The monoisotopic (exact) mass is 288 g/mol. The highest BCUT2D eigenvalue weighted by atomic mass is 16.2. The van der Waals surface area contributed by atoms with Gasteiger partial charge in [-0.3, -0.25) is 14.6 Å². The van der Waals surface area contributed by atoms with Crippen LogP contribution in [0.25, 0.3) is 0 Å². The Balaban J connectivity index is 1.65. The summed E-state index contributed by atoms with van der Waals surface area (Å²) in [7, 11) is 0. The third kappa shape index (κ3) is 3.32. The number of pyridine rings is 1. The van der Waals surface area contributed by atoms with Gasteiger partial charge in [0.1, 0.15) is 0 Å². The summed E-state index contributed by atoms with van der Waals surface area (Å²) in [6.07, 6.45) is 5.53. The van der Waals surface area contributed by atoms with Gasteiger partial charge < -0.3 is 15.1 Å². The molecule has 2 aliphatic rings. The van der Waals surface area contributed by atoms with Gasteiger partial charge in [0.15, 0.2) is 0 Å². The van der Waals surface area contributed by atoms with Crippen LogP contribution in [0, 0.1) is 0 Å². The molecule has 0 spiro atoms. The summed E-state index contributed by atoms with van der Waals surface area (Å²) in [5.74, 6) is 0.0690. The molecule has 2 amide bonds. The highest BCUT2D eigenvalue weighted by Crippen LogP contribution is 2.21. The molecule has 21 heavy (non-hydrogen) atoms. The minimum Gasteiger partial charge on any atom is -0.367 e. The minimum atomic E-state index is -0.0470. The Bertz CT molecular complexity index is 548. The molecule has 1 aliphatic carbocycles. The predicted octanol–water partition coefficient (Wildman–Crippen LogP) is 0.642. The van der Waals surface area contributed by atoms with Crippen LogP contribution in [0.4, 0.5) is 5.69 Å². The summed E-state index contributed by atoms with van der Waals surface area (Å²) in [6.45, 7) is 4.58. The van der Waals surface area contributed by atoms with E-state index in [9.17, 15) is 9.59 Å². The lowest BCUT2D eigenvalue weighted by Gasteiger charge is -2.35. The van der Waals surface area contributed by atoms with E-state index in [4.69, 9.17) is 0 Å². The quantitative estimate of drug-likeness (QED) is 0.886. The second-order valence-corrected chi connectivity index (χ2v) is 5.67. The molecule has 6 heteroatoms. The number of hydrogen-bond donors (Lipinski definition) is 1. The number of carbonyl (C=O) groups is 2. The third-order valence-corrected chi connectivity index (χ3v) is 3.99. The number of nitrogens with one attached hydrogen (secondary N) is 1. The first-order valence-electron chi connectivity index (χ1n) is 7.40. The molecule has 0 atom stereocenters. The van der Waals surface area contributed by atoms with Gasteiger partial charge >= 0.3 is 0 Å². The summed E-state index contributed by atoms with van der Waals surface area (Å²) in [5, 5.41) is 2.97. The van der Waals surface area contributed by atoms with E-state index in [0.717, 1.165) is 31.6 Å². The lowest BCUT2D eigenvalue weighted by molar-refractivity contribution is -0.129. The summed E-state index contributed by atoms with van der Waals surface area (Å²) < 4.78 is 0. The van der Waals surface area contributed by atoms with Crippen molar-refractivity contribution >= 4 is 17.5 Å². The molecule has 0 radical (unpaired) electrons. The molecule has 112 valence electrons. The van der Waals surface area contributed by atoms with Crippen LogP contribution in [-0.2, 0) is 4.79 Å². The van der Waals surface area contributed by atoms with Crippen molar-refractivity contribution in [2.75, 3.05) is 31.1 Å². The summed E-state index contributed by atoms with van der Waals surface area (Å²) in [6, 6.07) is 2.23. The van der Waals surface area contributed by atoms with Crippen molar-refractivity contribution in [2.45, 2.75) is 25.8 Å². The molecular formula is C15H20N4O2. The van der Waals surface area contributed by atoms with E-state index < -0.39 is 0 Å². The fourth-order valence-electron chi connectivity index (χ4n) is 2.50. The highest BCUT2D eigenvalue weighted by molar-refractivity contribution is 5.95. The molecule has 0 bridgehead atoms. The topological polar surface area (TPSA) is 65.5 Å². The van der Waals surface area contributed by atoms with Crippen LogP contribution in [0.1, 0.15) is 30.1 Å². The Kier molecular flexibility index (Phi) is 3.77. The minimum absolute atomic E-state index is 0.0470. The summed E-state index contributed by atoms with van der Waals surface area (Å²) >= 11 is 0. The normalized spacial score (nSPS) is 18.5. The smallest absolute Gasteiger partial charge is 0.253 e. The van der Waals surface area contributed by atoms with E-state index in [1.165, 1.54) is 0 Å². The van der Waals surface area contributed by atoms with Gasteiger partial charge in [-0.15, -0.1) is 0 Å². The van der Waals surface area contributed by atoms with Gasteiger partial charge in [0.25, 0.3) is 5.91 Å². The molecule has 2 heterocycles. The van der Waals surface area contributed by atoms with Gasteiger partial charge in [-0.05, 0) is 18.9 Å². The van der Waals surface area contributed by atoms with Crippen LogP contribution in [0.15, 0.2) is 18.5 Å². The largest absolute Gasteiger partial charge is 0.367 e. The van der Waals surface area contributed by atoms with Crippen molar-refractivity contribution < 1.29 is 9.59 Å². The van der Waals surface area contributed by atoms with Crippen LogP contribution in [-0.4, -0.2) is 53.9 Å². The predicted molar refractivity (Wildman–Crippen MR) is 79.2 cm³/mol. The van der Waals surface area contributed by atoms with Gasteiger partial charge in [-0.25, -0.2) is 0 Å². The van der Waals surface area contributed by atoms with Crippen LogP contribution in [0.2, 0.25) is 0 Å². The third-order valence-electron chi connectivity index (χ3n) is 3.99. The Morgan fingerprint density at radius 3 is 2.52 bits per heavy atom. The molecule has 0 unspecified atom stereocenters. The Hall–Kier alpha value is -2.11. The van der Waals surface area contributed by atoms with E-state index in [1.54, 1.807) is 19.3 Å². The molecular weight excluding hydrogens is 268 g/mol. The van der Waals surface area contributed by atoms with Crippen molar-refractivity contribution in [1.29, 1.82) is 0 Å². The van der Waals surface area contributed by atoms with Crippen molar-refractivity contribution in [1.82, 2.24) is 15.2 Å². The zero-order chi connectivity index (χ0) is 14.8. The highest BCUT2D eigenvalue weighted by Gasteiger charge is 2.24. The molecule has 1 aliphatic heterocycles. The maximum absolute atomic E-state index is 12.0. The van der Waals surface area contributed by atoms with E-state index >= 15 is 0 Å². The van der Waals surface area contributed by atoms with Gasteiger partial charge in [-0.1, -0.05) is 0 Å². The van der Waals surface area contributed by atoms with Gasteiger partial charge in [0.2, 0.25) is 5.91 Å². The number of aromatic nitrogens is 1. The number of amides is 2. The molecule has 1 aromatic heterocycles. The van der Waals surface area contributed by atoms with Crippen molar-refractivity contribution in [3.8, 4) is 0 Å². The fourth-order valence-corrected chi connectivity index (χ4v) is 2.50. The average molecular weight is 288 g/mol. The zero-order valence-corrected chi connectivity index (χ0v) is 12.2. The number of hydrogen-bond acceptors (Lipinski definition) is 4. The Morgan fingerprint density at radius 2 is 1.90 bits per heavy atom. The van der Waals surface area contributed by atoms with E-state index in [2.05, 4.69) is 15.2 Å². The number of nitrogens with zero attached hydrogens (tertiary/aromatic N) is 3. The van der Waals surface area contributed by atoms with Crippen LogP contribution >= 0.6 is 0 Å². The second kappa shape index (κ2) is 5.71. The van der Waals surface area contributed by atoms with E-state index in [-0.39, 0.29) is 11.8 Å². The lowest BCUT2D eigenvalue weighted by Crippen LogP contribution is -2.48. The van der Waals surface area contributed by atoms with Gasteiger partial charge in [0.05, 0.1) is 17.4 Å². The number of rotatable bonds is 3. The maximum atomic E-state index is 12.0. The molecule has 1 N–H and O–H groups in total.